The molecule has 0 atom stereocenters. The third kappa shape index (κ3) is 2.85. The number of nitrogens with zero attached hydrogens (tertiary/aromatic N) is 2. The van der Waals surface area contributed by atoms with E-state index < -0.39 is 0 Å². The molecular formula is C15H13N3O2S. The van der Waals surface area contributed by atoms with Crippen molar-refractivity contribution >= 4 is 28.1 Å². The first-order valence-electron chi connectivity index (χ1n) is 6.42. The number of benzene rings is 1. The number of hydrogen-bond acceptors (Lipinski definition) is 3. The van der Waals surface area contributed by atoms with Crippen molar-refractivity contribution in [3.63, 3.8) is 0 Å². The van der Waals surface area contributed by atoms with Crippen LogP contribution in [0, 0.1) is 0 Å². The molecule has 106 valence electrons. The fourth-order valence-electron chi connectivity index (χ4n) is 2.07. The van der Waals surface area contributed by atoms with Gasteiger partial charge < -0.3 is 9.55 Å². The molecule has 1 N–H and O–H groups in total. The van der Waals surface area contributed by atoms with E-state index in [-0.39, 0.29) is 17.9 Å². The Morgan fingerprint density at radius 1 is 1.38 bits per heavy atom. The van der Waals surface area contributed by atoms with Gasteiger partial charge in [-0.15, -0.1) is 11.3 Å². The molecule has 0 aliphatic carbocycles. The molecule has 1 amide bonds. The normalized spacial score (nSPS) is 12.0. The van der Waals surface area contributed by atoms with Gasteiger partial charge in [0.25, 0.3) is 11.5 Å². The average molecular weight is 299 g/mol. The van der Waals surface area contributed by atoms with Crippen molar-refractivity contribution in [2.45, 2.75) is 6.42 Å². The highest BCUT2D eigenvalue weighted by Crippen LogP contribution is 2.10. The van der Waals surface area contributed by atoms with Gasteiger partial charge in [-0.3, -0.25) is 9.59 Å². The summed E-state index contributed by atoms with van der Waals surface area (Å²) in [6.07, 6.45) is 1.83. The van der Waals surface area contributed by atoms with Gasteiger partial charge in [-0.25, -0.2) is 0 Å². The molecule has 0 fully saturated rings. The van der Waals surface area contributed by atoms with Crippen LogP contribution in [0.1, 0.15) is 5.56 Å². The molecule has 0 saturated heterocycles. The highest BCUT2D eigenvalue weighted by atomic mass is 32.1. The van der Waals surface area contributed by atoms with Gasteiger partial charge in [0.2, 0.25) is 0 Å². The molecule has 0 bridgehead atoms. The van der Waals surface area contributed by atoms with Crippen molar-refractivity contribution < 1.29 is 4.79 Å². The van der Waals surface area contributed by atoms with Crippen LogP contribution < -0.4 is 10.4 Å². The summed E-state index contributed by atoms with van der Waals surface area (Å²) in [4.78, 5) is 31.4. The SMILES string of the molecule is Cn1ccsc1=NC(=O)Cc1cc2ccccc2[nH]c1=O. The molecule has 21 heavy (non-hydrogen) atoms. The lowest BCUT2D eigenvalue weighted by Gasteiger charge is -2.01. The predicted octanol–water partition coefficient (Wildman–Crippen LogP) is 1.60. The lowest BCUT2D eigenvalue weighted by atomic mass is 10.1. The van der Waals surface area contributed by atoms with E-state index in [4.69, 9.17) is 0 Å². The van der Waals surface area contributed by atoms with Gasteiger partial charge in [-0.1, -0.05) is 18.2 Å². The van der Waals surface area contributed by atoms with Crippen LogP contribution in [0.25, 0.3) is 10.9 Å². The van der Waals surface area contributed by atoms with Gasteiger partial charge in [0.05, 0.1) is 6.42 Å². The van der Waals surface area contributed by atoms with Gasteiger partial charge in [0.1, 0.15) is 0 Å². The molecule has 0 spiro atoms. The Hall–Kier alpha value is -2.47. The van der Waals surface area contributed by atoms with E-state index in [0.29, 0.717) is 10.4 Å². The van der Waals surface area contributed by atoms with Crippen molar-refractivity contribution in [2.24, 2.45) is 12.0 Å². The van der Waals surface area contributed by atoms with Gasteiger partial charge in [0, 0.05) is 29.7 Å². The molecule has 3 rings (SSSR count). The second-order valence-corrected chi connectivity index (χ2v) is 5.56. The third-order valence-electron chi connectivity index (χ3n) is 3.15. The maximum atomic E-state index is 12.0. The van der Waals surface area contributed by atoms with Crippen molar-refractivity contribution in [2.75, 3.05) is 0 Å². The summed E-state index contributed by atoms with van der Waals surface area (Å²) >= 11 is 1.38. The summed E-state index contributed by atoms with van der Waals surface area (Å²) in [5, 5.41) is 2.76. The zero-order valence-corrected chi connectivity index (χ0v) is 12.2. The summed E-state index contributed by atoms with van der Waals surface area (Å²) in [7, 11) is 1.82. The quantitative estimate of drug-likeness (QED) is 0.781. The Morgan fingerprint density at radius 2 is 2.19 bits per heavy atom. The number of aryl methyl sites for hydroxylation is 1. The number of aromatic amines is 1. The van der Waals surface area contributed by atoms with Gasteiger partial charge in [-0.2, -0.15) is 4.99 Å². The molecule has 3 aromatic rings. The molecule has 0 aliphatic heterocycles. The number of hydrogen-bond donors (Lipinski definition) is 1. The Labute approximate surface area is 124 Å². The zero-order valence-electron chi connectivity index (χ0n) is 11.4. The molecule has 6 heteroatoms. The molecule has 5 nitrogen and oxygen atoms in total. The lowest BCUT2D eigenvalue weighted by molar-refractivity contribution is -0.117. The summed E-state index contributed by atoms with van der Waals surface area (Å²) in [6.45, 7) is 0. The highest BCUT2D eigenvalue weighted by molar-refractivity contribution is 7.07. The number of thiazole rings is 1. The van der Waals surface area contributed by atoms with Crippen LogP contribution >= 0.6 is 11.3 Å². The average Bonchev–Trinajstić information content (AvgIpc) is 2.85. The monoisotopic (exact) mass is 299 g/mol. The maximum absolute atomic E-state index is 12.0. The van der Waals surface area contributed by atoms with Crippen molar-refractivity contribution in [1.29, 1.82) is 0 Å². The first-order valence-corrected chi connectivity index (χ1v) is 7.30. The summed E-state index contributed by atoms with van der Waals surface area (Å²) in [5.74, 6) is -0.325. The topological polar surface area (TPSA) is 67.2 Å². The van der Waals surface area contributed by atoms with Crippen LogP contribution in [0.5, 0.6) is 0 Å². The Kier molecular flexibility index (Phi) is 3.53. The second kappa shape index (κ2) is 5.49. The predicted molar refractivity (Wildman–Crippen MR) is 82.1 cm³/mol. The molecule has 0 unspecified atom stereocenters. The standard InChI is InChI=1S/C15H13N3O2S/c1-18-6-7-21-15(18)17-13(19)9-11-8-10-4-2-3-5-12(10)16-14(11)20/h2-8H,9H2,1H3,(H,16,20). The van der Waals surface area contributed by atoms with Crippen LogP contribution in [0.3, 0.4) is 0 Å². The first kappa shape index (κ1) is 13.5. The molecular weight excluding hydrogens is 286 g/mol. The number of rotatable bonds is 2. The fraction of sp³-hybridized carbons (Fsp3) is 0.133. The van der Waals surface area contributed by atoms with Gasteiger partial charge in [0.15, 0.2) is 4.80 Å². The summed E-state index contributed by atoms with van der Waals surface area (Å²) < 4.78 is 1.77. The van der Waals surface area contributed by atoms with Crippen molar-refractivity contribution in [3.05, 3.63) is 62.6 Å². The van der Waals surface area contributed by atoms with Crippen LogP contribution in [0.2, 0.25) is 0 Å². The molecule has 0 saturated carbocycles. The van der Waals surface area contributed by atoms with Crippen molar-refractivity contribution in [1.82, 2.24) is 9.55 Å². The second-order valence-electron chi connectivity index (χ2n) is 4.69. The van der Waals surface area contributed by atoms with Crippen LogP contribution in [0.15, 0.2) is 51.7 Å². The minimum absolute atomic E-state index is 0.00192. The van der Waals surface area contributed by atoms with E-state index in [9.17, 15) is 9.59 Å². The first-order chi connectivity index (χ1) is 10.1. The van der Waals surface area contributed by atoms with E-state index in [1.165, 1.54) is 11.3 Å². The van der Waals surface area contributed by atoms with E-state index in [1.54, 1.807) is 10.6 Å². The smallest absolute Gasteiger partial charge is 0.252 e. The number of pyridine rings is 1. The number of carbonyl (C=O) groups excluding carboxylic acids is 1. The Balaban J connectivity index is 1.95. The number of H-pyrrole nitrogens is 1. The number of aromatic nitrogens is 2. The zero-order chi connectivity index (χ0) is 14.8. The lowest BCUT2D eigenvalue weighted by Crippen LogP contribution is -2.18. The van der Waals surface area contributed by atoms with Crippen molar-refractivity contribution in [3.8, 4) is 0 Å². The summed E-state index contributed by atoms with van der Waals surface area (Å²) in [6, 6.07) is 9.22. The minimum Gasteiger partial charge on any atom is -0.327 e. The van der Waals surface area contributed by atoms with Crippen LogP contribution in [0.4, 0.5) is 0 Å². The largest absolute Gasteiger partial charge is 0.327 e. The van der Waals surface area contributed by atoms with Crippen LogP contribution in [-0.4, -0.2) is 15.5 Å². The van der Waals surface area contributed by atoms with Crippen LogP contribution in [-0.2, 0) is 18.3 Å². The number of para-hydroxylation sites is 1. The summed E-state index contributed by atoms with van der Waals surface area (Å²) in [5.41, 5.74) is 0.953. The van der Waals surface area contributed by atoms with E-state index in [2.05, 4.69) is 9.98 Å². The Morgan fingerprint density at radius 3 is 2.95 bits per heavy atom. The highest BCUT2D eigenvalue weighted by Gasteiger charge is 2.08. The van der Waals surface area contributed by atoms with E-state index in [1.807, 2.05) is 42.9 Å². The number of fused-ring (bicyclic) bond motifs is 1. The molecule has 0 aliphatic rings. The van der Waals surface area contributed by atoms with E-state index in [0.717, 1.165) is 10.9 Å². The van der Waals surface area contributed by atoms with Gasteiger partial charge >= 0.3 is 0 Å². The number of nitrogens with one attached hydrogen (secondary N) is 1. The molecule has 2 heterocycles. The van der Waals surface area contributed by atoms with Gasteiger partial charge in [-0.05, 0) is 17.5 Å². The fourth-order valence-corrected chi connectivity index (χ4v) is 2.81. The Bertz CT molecular complexity index is 933. The number of carbonyl (C=O) groups is 1. The maximum Gasteiger partial charge on any atom is 0.252 e. The molecule has 1 aromatic carbocycles. The van der Waals surface area contributed by atoms with E-state index >= 15 is 0 Å². The molecule has 2 aromatic heterocycles. The third-order valence-corrected chi connectivity index (χ3v) is 4.00. The molecule has 0 radical (unpaired) electrons. The minimum atomic E-state index is -0.325. The number of amides is 1.